The number of guanidine groups is 1. The Labute approximate surface area is 200 Å². The number of nitrogens with one attached hydrogen (secondary N) is 2. The van der Waals surface area contributed by atoms with Crippen LogP contribution in [0.2, 0.25) is 0 Å². The lowest BCUT2D eigenvalue weighted by atomic mass is 9.64. The van der Waals surface area contributed by atoms with Crippen molar-refractivity contribution in [1.29, 1.82) is 0 Å². The van der Waals surface area contributed by atoms with Crippen molar-refractivity contribution < 1.29 is 4.79 Å². The Morgan fingerprint density at radius 3 is 2.59 bits per heavy atom. The molecule has 0 aromatic heterocycles. The van der Waals surface area contributed by atoms with Crippen molar-refractivity contribution in [2.24, 2.45) is 10.9 Å². The van der Waals surface area contributed by atoms with Gasteiger partial charge < -0.3 is 15.5 Å². The number of aliphatic imine (C=N–C) groups is 1. The standard InChI is InChI=1S/C22H33BrN4O.HI/c1-3-25-21(27-12-8-17(9-13-27)14-20(28)24-2)26-16-22(10-5-11-22)18-6-4-7-19(23)15-18;/h4,6-7,15,17H,3,5,8-14,16H2,1-2H3,(H,24,28)(H,25,26);1H. The molecule has 1 saturated carbocycles. The molecule has 3 rings (SSSR count). The molecule has 7 heteroatoms. The summed E-state index contributed by atoms with van der Waals surface area (Å²) in [6.07, 6.45) is 6.44. The van der Waals surface area contributed by atoms with Gasteiger partial charge in [0.1, 0.15) is 0 Å². The van der Waals surface area contributed by atoms with Gasteiger partial charge in [0.25, 0.3) is 0 Å². The summed E-state index contributed by atoms with van der Waals surface area (Å²) >= 11 is 3.62. The van der Waals surface area contributed by atoms with Gasteiger partial charge in [0.15, 0.2) is 5.96 Å². The lowest BCUT2D eigenvalue weighted by molar-refractivity contribution is -0.121. The van der Waals surface area contributed by atoms with E-state index in [1.165, 1.54) is 24.8 Å². The van der Waals surface area contributed by atoms with Crippen LogP contribution in [0.15, 0.2) is 33.7 Å². The maximum Gasteiger partial charge on any atom is 0.220 e. The quantitative estimate of drug-likeness (QED) is 0.301. The van der Waals surface area contributed by atoms with Crippen molar-refractivity contribution in [3.8, 4) is 0 Å². The average molecular weight is 577 g/mol. The van der Waals surface area contributed by atoms with E-state index in [0.29, 0.717) is 12.3 Å². The summed E-state index contributed by atoms with van der Waals surface area (Å²) in [6.45, 7) is 5.78. The first kappa shape index (κ1) is 24.4. The second kappa shape index (κ2) is 11.5. The molecule has 1 amide bonds. The lowest BCUT2D eigenvalue weighted by Gasteiger charge is -2.42. The molecule has 0 spiro atoms. The Morgan fingerprint density at radius 2 is 2.03 bits per heavy atom. The fraction of sp³-hybridized carbons (Fsp3) is 0.636. The van der Waals surface area contributed by atoms with E-state index in [0.717, 1.165) is 49.5 Å². The highest BCUT2D eigenvalue weighted by Crippen LogP contribution is 2.44. The predicted molar refractivity (Wildman–Crippen MR) is 134 cm³/mol. The summed E-state index contributed by atoms with van der Waals surface area (Å²) in [5.41, 5.74) is 1.58. The molecule has 2 aliphatic rings. The molecule has 2 fully saturated rings. The van der Waals surface area contributed by atoms with Gasteiger partial charge in [0.2, 0.25) is 5.91 Å². The number of carbonyl (C=O) groups is 1. The zero-order chi connectivity index (χ0) is 20.0. The number of amides is 1. The van der Waals surface area contributed by atoms with Crippen molar-refractivity contribution >= 4 is 51.8 Å². The Morgan fingerprint density at radius 1 is 1.31 bits per heavy atom. The molecule has 5 nitrogen and oxygen atoms in total. The first-order valence-electron chi connectivity index (χ1n) is 10.6. The first-order chi connectivity index (χ1) is 13.6. The summed E-state index contributed by atoms with van der Waals surface area (Å²) in [4.78, 5) is 19.1. The highest BCUT2D eigenvalue weighted by Gasteiger charge is 2.39. The summed E-state index contributed by atoms with van der Waals surface area (Å²) < 4.78 is 1.14. The van der Waals surface area contributed by atoms with Gasteiger partial charge in [-0.2, -0.15) is 0 Å². The Kier molecular flexibility index (Phi) is 9.72. The summed E-state index contributed by atoms with van der Waals surface area (Å²) in [5, 5.41) is 6.23. The zero-order valence-electron chi connectivity index (χ0n) is 17.5. The minimum absolute atomic E-state index is 0. The number of benzene rings is 1. The average Bonchev–Trinajstić information content (AvgIpc) is 2.67. The highest BCUT2D eigenvalue weighted by atomic mass is 127. The van der Waals surface area contributed by atoms with E-state index in [4.69, 9.17) is 4.99 Å². The molecule has 1 aliphatic carbocycles. The van der Waals surface area contributed by atoms with Crippen LogP contribution < -0.4 is 10.6 Å². The number of hydrogen-bond acceptors (Lipinski definition) is 2. The topological polar surface area (TPSA) is 56.7 Å². The molecule has 0 unspecified atom stereocenters. The van der Waals surface area contributed by atoms with Crippen LogP contribution in [0.1, 0.15) is 51.0 Å². The second-order valence-electron chi connectivity index (χ2n) is 8.12. The van der Waals surface area contributed by atoms with Crippen molar-refractivity contribution in [1.82, 2.24) is 15.5 Å². The second-order valence-corrected chi connectivity index (χ2v) is 9.04. The molecule has 0 radical (unpaired) electrons. The van der Waals surface area contributed by atoms with E-state index in [1.807, 2.05) is 0 Å². The van der Waals surface area contributed by atoms with Crippen LogP contribution in [0.25, 0.3) is 0 Å². The molecule has 1 aromatic carbocycles. The summed E-state index contributed by atoms with van der Waals surface area (Å²) in [7, 11) is 1.72. The SMILES string of the molecule is CCNC(=NCC1(c2cccc(Br)c2)CCC1)N1CCC(CC(=O)NC)CC1.I. The molecular weight excluding hydrogens is 543 g/mol. The maximum absolute atomic E-state index is 11.6. The Bertz CT molecular complexity index is 700. The molecular formula is C22H34BrIN4O. The van der Waals surface area contributed by atoms with Crippen LogP contribution in [0.3, 0.4) is 0 Å². The monoisotopic (exact) mass is 576 g/mol. The molecule has 1 heterocycles. The molecule has 29 heavy (non-hydrogen) atoms. The van der Waals surface area contributed by atoms with Crippen molar-refractivity contribution in [3.05, 3.63) is 34.3 Å². The van der Waals surface area contributed by atoms with E-state index in [-0.39, 0.29) is 35.3 Å². The highest BCUT2D eigenvalue weighted by molar-refractivity contribution is 14.0. The smallest absolute Gasteiger partial charge is 0.220 e. The molecule has 0 atom stereocenters. The largest absolute Gasteiger partial charge is 0.359 e. The molecule has 0 bridgehead atoms. The van der Waals surface area contributed by atoms with E-state index in [2.05, 4.69) is 62.7 Å². The van der Waals surface area contributed by atoms with E-state index in [9.17, 15) is 4.79 Å². The third-order valence-corrected chi connectivity index (χ3v) is 6.77. The molecule has 1 aromatic rings. The van der Waals surface area contributed by atoms with Gasteiger partial charge in [-0.25, -0.2) is 0 Å². The van der Waals surface area contributed by atoms with Crippen molar-refractivity contribution in [2.45, 2.75) is 50.9 Å². The Balaban J connectivity index is 0.00000300. The number of piperidine rings is 1. The summed E-state index contributed by atoms with van der Waals surface area (Å²) in [5.74, 6) is 1.67. The maximum atomic E-state index is 11.6. The van der Waals surface area contributed by atoms with E-state index >= 15 is 0 Å². The number of halogens is 2. The zero-order valence-corrected chi connectivity index (χ0v) is 21.5. The number of carbonyl (C=O) groups excluding carboxylic acids is 1. The van der Waals surface area contributed by atoms with Crippen LogP contribution in [-0.4, -0.2) is 50.0 Å². The van der Waals surface area contributed by atoms with Gasteiger partial charge >= 0.3 is 0 Å². The van der Waals surface area contributed by atoms with E-state index < -0.39 is 0 Å². The number of nitrogens with zero attached hydrogens (tertiary/aromatic N) is 2. The van der Waals surface area contributed by atoms with Gasteiger partial charge in [-0.3, -0.25) is 9.79 Å². The van der Waals surface area contributed by atoms with Crippen LogP contribution in [0, 0.1) is 5.92 Å². The third-order valence-electron chi connectivity index (χ3n) is 6.28. The summed E-state index contributed by atoms with van der Waals surface area (Å²) in [6, 6.07) is 8.72. The van der Waals surface area contributed by atoms with Gasteiger partial charge in [0.05, 0.1) is 6.54 Å². The van der Waals surface area contributed by atoms with E-state index in [1.54, 1.807) is 7.05 Å². The van der Waals surface area contributed by atoms with Crippen LogP contribution >= 0.6 is 39.9 Å². The van der Waals surface area contributed by atoms with Gasteiger partial charge in [-0.1, -0.05) is 34.5 Å². The molecule has 2 N–H and O–H groups in total. The Hall–Kier alpha value is -0.830. The fourth-order valence-corrected chi connectivity index (χ4v) is 4.72. The lowest BCUT2D eigenvalue weighted by Crippen LogP contribution is -2.47. The number of hydrogen-bond donors (Lipinski definition) is 2. The third kappa shape index (κ3) is 6.32. The number of rotatable bonds is 6. The first-order valence-corrected chi connectivity index (χ1v) is 11.4. The fourth-order valence-electron chi connectivity index (χ4n) is 4.33. The minimum atomic E-state index is 0. The predicted octanol–water partition coefficient (Wildman–Crippen LogP) is 4.30. The molecule has 1 saturated heterocycles. The van der Waals surface area contributed by atoms with Gasteiger partial charge in [0, 0.05) is 43.0 Å². The van der Waals surface area contributed by atoms with Crippen LogP contribution in [-0.2, 0) is 10.2 Å². The number of likely N-dealkylation sites (tertiary alicyclic amines) is 1. The normalized spacial score (nSPS) is 19.1. The van der Waals surface area contributed by atoms with Crippen molar-refractivity contribution in [3.63, 3.8) is 0 Å². The molecule has 1 aliphatic heterocycles. The van der Waals surface area contributed by atoms with Gasteiger partial charge in [-0.05, 0) is 56.2 Å². The van der Waals surface area contributed by atoms with Crippen molar-refractivity contribution in [2.75, 3.05) is 33.2 Å². The van der Waals surface area contributed by atoms with Crippen LogP contribution in [0.5, 0.6) is 0 Å². The van der Waals surface area contributed by atoms with Crippen LogP contribution in [0.4, 0.5) is 0 Å². The van der Waals surface area contributed by atoms with Gasteiger partial charge in [-0.15, -0.1) is 24.0 Å². The minimum Gasteiger partial charge on any atom is -0.359 e. The molecule has 162 valence electrons.